The van der Waals surface area contributed by atoms with Gasteiger partial charge in [0.25, 0.3) is 5.91 Å². The summed E-state index contributed by atoms with van der Waals surface area (Å²) in [5.41, 5.74) is 1.56. The van der Waals surface area contributed by atoms with Crippen LogP contribution in [0.1, 0.15) is 35.7 Å². The first-order chi connectivity index (χ1) is 14.4. The second kappa shape index (κ2) is 9.93. The van der Waals surface area contributed by atoms with E-state index in [1.165, 1.54) is 0 Å². The summed E-state index contributed by atoms with van der Waals surface area (Å²) in [4.78, 5) is 31.5. The first-order valence-electron chi connectivity index (χ1n) is 9.96. The van der Waals surface area contributed by atoms with E-state index in [0.717, 1.165) is 5.56 Å². The average Bonchev–Trinajstić information content (AvgIpc) is 2.76. The van der Waals surface area contributed by atoms with Gasteiger partial charge in [0.15, 0.2) is 11.5 Å². The number of hydrogen-bond acceptors (Lipinski definition) is 5. The van der Waals surface area contributed by atoms with Crippen LogP contribution in [-0.4, -0.2) is 48.5 Å². The normalized spacial score (nSPS) is 14.3. The van der Waals surface area contributed by atoms with Crippen molar-refractivity contribution in [1.82, 2.24) is 9.88 Å². The molecule has 7 nitrogen and oxygen atoms in total. The first kappa shape index (κ1) is 22.1. The first-order valence-corrected chi connectivity index (χ1v) is 10.7. The van der Waals surface area contributed by atoms with E-state index < -0.39 is 0 Å². The predicted octanol–water partition coefficient (Wildman–Crippen LogP) is 4.05. The SMILES string of the molecule is CCOc1c(Br)cc(C(=O)N2CCC(C(=O)Nc3ccc(C)cn3)CC2)cc1OC. The molecule has 1 saturated heterocycles. The van der Waals surface area contributed by atoms with Crippen LogP contribution < -0.4 is 14.8 Å². The Morgan fingerprint density at radius 1 is 1.27 bits per heavy atom. The molecule has 2 amide bonds. The number of pyridine rings is 1. The molecule has 0 atom stereocenters. The lowest BCUT2D eigenvalue weighted by Gasteiger charge is -2.31. The Morgan fingerprint density at radius 3 is 2.60 bits per heavy atom. The Balaban J connectivity index is 1.61. The third-order valence-electron chi connectivity index (χ3n) is 5.08. The Labute approximate surface area is 184 Å². The van der Waals surface area contributed by atoms with Crippen molar-refractivity contribution in [3.05, 3.63) is 46.1 Å². The van der Waals surface area contributed by atoms with Crippen molar-refractivity contribution in [3.8, 4) is 11.5 Å². The van der Waals surface area contributed by atoms with Crippen molar-refractivity contribution in [2.24, 2.45) is 5.92 Å². The minimum absolute atomic E-state index is 0.0519. The summed E-state index contributed by atoms with van der Waals surface area (Å²) in [6, 6.07) is 7.15. The zero-order valence-corrected chi connectivity index (χ0v) is 19.0. The van der Waals surface area contributed by atoms with Gasteiger partial charge in [-0.25, -0.2) is 4.98 Å². The lowest BCUT2D eigenvalue weighted by Crippen LogP contribution is -2.41. The number of nitrogens with one attached hydrogen (secondary N) is 1. The fourth-order valence-corrected chi connectivity index (χ4v) is 3.98. The molecule has 1 aliphatic rings. The van der Waals surface area contributed by atoms with E-state index in [-0.39, 0.29) is 17.7 Å². The number of halogens is 1. The number of methoxy groups -OCH3 is 1. The van der Waals surface area contributed by atoms with Gasteiger partial charge in [-0.1, -0.05) is 6.07 Å². The third kappa shape index (κ3) is 5.11. The van der Waals surface area contributed by atoms with Crippen molar-refractivity contribution < 1.29 is 19.1 Å². The number of hydrogen-bond donors (Lipinski definition) is 1. The molecule has 0 bridgehead atoms. The Kier molecular flexibility index (Phi) is 7.31. The van der Waals surface area contributed by atoms with E-state index in [2.05, 4.69) is 26.2 Å². The predicted molar refractivity (Wildman–Crippen MR) is 118 cm³/mol. The monoisotopic (exact) mass is 475 g/mol. The number of nitrogens with zero attached hydrogens (tertiary/aromatic N) is 2. The number of aromatic nitrogens is 1. The molecule has 8 heteroatoms. The number of piperidine rings is 1. The second-order valence-corrected chi connectivity index (χ2v) is 8.05. The quantitative estimate of drug-likeness (QED) is 0.681. The third-order valence-corrected chi connectivity index (χ3v) is 5.67. The number of carbonyl (C=O) groups is 2. The molecule has 0 aliphatic carbocycles. The van der Waals surface area contributed by atoms with Crippen LogP contribution in [0.5, 0.6) is 11.5 Å². The van der Waals surface area contributed by atoms with E-state index in [0.29, 0.717) is 59.9 Å². The van der Waals surface area contributed by atoms with E-state index in [1.54, 1.807) is 36.4 Å². The van der Waals surface area contributed by atoms with Crippen LogP contribution >= 0.6 is 15.9 Å². The number of rotatable bonds is 6. The number of benzene rings is 1. The Hall–Kier alpha value is -2.61. The van der Waals surface area contributed by atoms with Gasteiger partial charge in [-0.2, -0.15) is 0 Å². The number of anilines is 1. The van der Waals surface area contributed by atoms with Crippen molar-refractivity contribution in [2.45, 2.75) is 26.7 Å². The molecule has 1 fully saturated rings. The van der Waals surface area contributed by atoms with Crippen molar-refractivity contribution in [2.75, 3.05) is 32.1 Å². The van der Waals surface area contributed by atoms with Gasteiger partial charge in [0.05, 0.1) is 18.2 Å². The highest BCUT2D eigenvalue weighted by Crippen LogP contribution is 2.37. The van der Waals surface area contributed by atoms with E-state index in [4.69, 9.17) is 9.47 Å². The van der Waals surface area contributed by atoms with Gasteiger partial charge >= 0.3 is 0 Å². The Morgan fingerprint density at radius 2 is 2.00 bits per heavy atom. The zero-order valence-electron chi connectivity index (χ0n) is 17.4. The topological polar surface area (TPSA) is 80.8 Å². The smallest absolute Gasteiger partial charge is 0.254 e. The van der Waals surface area contributed by atoms with Gasteiger partial charge in [0.2, 0.25) is 5.91 Å². The van der Waals surface area contributed by atoms with Gasteiger partial charge in [-0.05, 0) is 66.4 Å². The molecule has 2 heterocycles. The summed E-state index contributed by atoms with van der Waals surface area (Å²) in [5, 5.41) is 2.87. The van der Waals surface area contributed by atoms with Gasteiger partial charge in [-0.15, -0.1) is 0 Å². The molecule has 1 N–H and O–H groups in total. The number of ether oxygens (including phenoxy) is 2. The molecular formula is C22H26BrN3O4. The van der Waals surface area contributed by atoms with Crippen LogP contribution in [0, 0.1) is 12.8 Å². The number of aryl methyl sites for hydroxylation is 1. The molecule has 30 heavy (non-hydrogen) atoms. The highest BCUT2D eigenvalue weighted by molar-refractivity contribution is 9.10. The molecule has 3 rings (SSSR count). The van der Waals surface area contributed by atoms with Gasteiger partial charge in [0.1, 0.15) is 5.82 Å². The minimum atomic E-state index is -0.140. The molecule has 0 unspecified atom stereocenters. The van der Waals surface area contributed by atoms with Crippen LogP contribution in [0.25, 0.3) is 0 Å². The molecule has 2 aromatic rings. The second-order valence-electron chi connectivity index (χ2n) is 7.20. The summed E-state index contributed by atoms with van der Waals surface area (Å²) >= 11 is 3.46. The summed E-state index contributed by atoms with van der Waals surface area (Å²) in [6.45, 7) is 5.37. The molecular weight excluding hydrogens is 450 g/mol. The fourth-order valence-electron chi connectivity index (χ4n) is 3.43. The molecule has 1 aromatic carbocycles. The van der Waals surface area contributed by atoms with Gasteiger partial charge in [0, 0.05) is 30.8 Å². The highest BCUT2D eigenvalue weighted by Gasteiger charge is 2.29. The number of amides is 2. The summed E-state index contributed by atoms with van der Waals surface area (Å²) in [7, 11) is 1.55. The standard InChI is InChI=1S/C22H26BrN3O4/c1-4-30-20-17(23)11-16(12-18(20)29-3)22(28)26-9-7-15(8-10-26)21(27)25-19-6-5-14(2)13-24-19/h5-6,11-13,15H,4,7-10H2,1-3H3,(H,24,25,27). The lowest BCUT2D eigenvalue weighted by atomic mass is 9.95. The van der Waals surface area contributed by atoms with Crippen LogP contribution in [0.4, 0.5) is 5.82 Å². The molecule has 1 aliphatic heterocycles. The number of carbonyl (C=O) groups excluding carboxylic acids is 2. The lowest BCUT2D eigenvalue weighted by molar-refractivity contribution is -0.121. The van der Waals surface area contributed by atoms with Crippen molar-refractivity contribution in [1.29, 1.82) is 0 Å². The minimum Gasteiger partial charge on any atom is -0.493 e. The maximum Gasteiger partial charge on any atom is 0.254 e. The maximum atomic E-state index is 13.0. The van der Waals surface area contributed by atoms with E-state index in [1.807, 2.05) is 19.9 Å². The van der Waals surface area contributed by atoms with E-state index >= 15 is 0 Å². The van der Waals surface area contributed by atoms with E-state index in [9.17, 15) is 9.59 Å². The molecule has 1 aromatic heterocycles. The van der Waals surface area contributed by atoms with Crippen LogP contribution in [0.3, 0.4) is 0 Å². The van der Waals surface area contributed by atoms with Crippen LogP contribution in [0.2, 0.25) is 0 Å². The van der Waals surface area contributed by atoms with Crippen molar-refractivity contribution >= 4 is 33.6 Å². The molecule has 0 radical (unpaired) electrons. The summed E-state index contributed by atoms with van der Waals surface area (Å²) in [5.74, 6) is 1.36. The highest BCUT2D eigenvalue weighted by atomic mass is 79.9. The molecule has 0 saturated carbocycles. The molecule has 160 valence electrons. The van der Waals surface area contributed by atoms with Crippen molar-refractivity contribution in [3.63, 3.8) is 0 Å². The van der Waals surface area contributed by atoms with Gasteiger partial charge in [-0.3, -0.25) is 9.59 Å². The average molecular weight is 476 g/mol. The summed E-state index contributed by atoms with van der Waals surface area (Å²) < 4.78 is 11.6. The molecule has 0 spiro atoms. The van der Waals surface area contributed by atoms with Crippen LogP contribution in [-0.2, 0) is 4.79 Å². The van der Waals surface area contributed by atoms with Gasteiger partial charge < -0.3 is 19.7 Å². The fraction of sp³-hybridized carbons (Fsp3) is 0.409. The Bertz CT molecular complexity index is 909. The largest absolute Gasteiger partial charge is 0.493 e. The summed E-state index contributed by atoms with van der Waals surface area (Å²) in [6.07, 6.45) is 2.94. The maximum absolute atomic E-state index is 13.0. The number of likely N-dealkylation sites (tertiary alicyclic amines) is 1. The van der Waals surface area contributed by atoms with Crippen LogP contribution in [0.15, 0.2) is 34.9 Å². The zero-order chi connectivity index (χ0) is 21.7.